The number of alkyl halides is 5. The van der Waals surface area contributed by atoms with Gasteiger partial charge in [-0.2, -0.15) is 8.78 Å². The maximum absolute atomic E-state index is 13.5. The SMILES string of the molecule is Cn1c(=O)n(C)c2cc(C(Br)C(F)(F)C(F)F)c(Br)cc21. The van der Waals surface area contributed by atoms with Crippen molar-refractivity contribution in [2.45, 2.75) is 17.2 Å². The van der Waals surface area contributed by atoms with Gasteiger partial charge < -0.3 is 0 Å². The van der Waals surface area contributed by atoms with Gasteiger partial charge in [0.05, 0.1) is 11.0 Å². The van der Waals surface area contributed by atoms with E-state index in [1.807, 2.05) is 0 Å². The predicted molar refractivity (Wildman–Crippen MR) is 78.5 cm³/mol. The third kappa shape index (κ3) is 2.54. The van der Waals surface area contributed by atoms with Gasteiger partial charge in [0.1, 0.15) is 4.83 Å². The van der Waals surface area contributed by atoms with E-state index in [2.05, 4.69) is 31.9 Å². The van der Waals surface area contributed by atoms with Crippen molar-refractivity contribution in [3.8, 4) is 0 Å². The minimum absolute atomic E-state index is 0.0472. The van der Waals surface area contributed by atoms with Gasteiger partial charge in [-0.1, -0.05) is 31.9 Å². The maximum Gasteiger partial charge on any atom is 0.328 e. The van der Waals surface area contributed by atoms with E-state index >= 15 is 0 Å². The summed E-state index contributed by atoms with van der Waals surface area (Å²) in [6.07, 6.45) is -3.80. The summed E-state index contributed by atoms with van der Waals surface area (Å²) in [5.74, 6) is -4.23. The minimum atomic E-state index is -4.23. The lowest BCUT2D eigenvalue weighted by atomic mass is 10.1. The van der Waals surface area contributed by atoms with Crippen LogP contribution in [0.25, 0.3) is 11.0 Å². The predicted octanol–water partition coefficient (Wildman–Crippen LogP) is 3.98. The Morgan fingerprint density at radius 2 is 1.62 bits per heavy atom. The summed E-state index contributed by atoms with van der Waals surface area (Å²) in [6.45, 7) is 0. The molecular formula is C12H10Br2F4N2O. The second-order valence-corrected chi connectivity index (χ2v) is 6.37. The first-order valence-electron chi connectivity index (χ1n) is 5.74. The maximum atomic E-state index is 13.5. The molecule has 3 nitrogen and oxygen atoms in total. The Morgan fingerprint density at radius 3 is 2.10 bits per heavy atom. The summed E-state index contributed by atoms with van der Waals surface area (Å²) in [6, 6.07) is 2.76. The smallest absolute Gasteiger partial charge is 0.295 e. The van der Waals surface area contributed by atoms with Gasteiger partial charge in [-0.15, -0.1) is 0 Å². The lowest BCUT2D eigenvalue weighted by Gasteiger charge is -2.22. The molecule has 116 valence electrons. The molecule has 0 aliphatic carbocycles. The van der Waals surface area contributed by atoms with Crippen LogP contribution in [-0.2, 0) is 14.1 Å². The summed E-state index contributed by atoms with van der Waals surface area (Å²) < 4.78 is 54.8. The van der Waals surface area contributed by atoms with E-state index in [-0.39, 0.29) is 15.7 Å². The number of hydrogen-bond acceptors (Lipinski definition) is 1. The first kappa shape index (κ1) is 16.5. The first-order valence-corrected chi connectivity index (χ1v) is 7.44. The summed E-state index contributed by atoms with van der Waals surface area (Å²) in [5, 5.41) is 0. The van der Waals surface area contributed by atoms with Crippen LogP contribution in [0.5, 0.6) is 0 Å². The summed E-state index contributed by atoms with van der Waals surface area (Å²) in [4.78, 5) is 9.94. The molecule has 0 N–H and O–H groups in total. The van der Waals surface area contributed by atoms with Crippen molar-refractivity contribution in [1.82, 2.24) is 9.13 Å². The van der Waals surface area contributed by atoms with Gasteiger partial charge in [-0.3, -0.25) is 9.13 Å². The number of benzene rings is 1. The van der Waals surface area contributed by atoms with Crippen molar-refractivity contribution in [3.63, 3.8) is 0 Å². The Balaban J connectivity index is 2.69. The number of hydrogen-bond donors (Lipinski definition) is 0. The van der Waals surface area contributed by atoms with Crippen LogP contribution in [0.4, 0.5) is 17.6 Å². The molecule has 0 saturated heterocycles. The summed E-state index contributed by atoms with van der Waals surface area (Å²) >= 11 is 5.74. The van der Waals surface area contributed by atoms with Crippen molar-refractivity contribution in [2.24, 2.45) is 14.1 Å². The first-order chi connectivity index (χ1) is 9.59. The van der Waals surface area contributed by atoms with Gasteiger partial charge >= 0.3 is 18.0 Å². The highest BCUT2D eigenvalue weighted by Gasteiger charge is 2.49. The van der Waals surface area contributed by atoms with Crippen LogP contribution in [0.2, 0.25) is 0 Å². The molecule has 1 aromatic heterocycles. The Kier molecular flexibility index (Phi) is 4.27. The second-order valence-electron chi connectivity index (χ2n) is 4.60. The number of rotatable bonds is 3. The fraction of sp³-hybridized carbons (Fsp3) is 0.417. The zero-order valence-electron chi connectivity index (χ0n) is 10.9. The molecule has 0 fully saturated rings. The molecule has 2 rings (SSSR count). The quantitative estimate of drug-likeness (QED) is 0.531. The number of imidazole rings is 1. The molecule has 0 aliphatic heterocycles. The molecule has 0 amide bonds. The molecular weight excluding hydrogens is 424 g/mol. The number of fused-ring (bicyclic) bond motifs is 1. The van der Waals surface area contributed by atoms with E-state index in [9.17, 15) is 22.4 Å². The number of nitrogens with zero attached hydrogens (tertiary/aromatic N) is 2. The van der Waals surface area contributed by atoms with Crippen molar-refractivity contribution < 1.29 is 17.6 Å². The standard InChI is InChI=1S/C12H10Br2F4N2O/c1-19-7-3-5(9(14)12(17,18)10(15)16)6(13)4-8(7)20(2)11(19)21/h3-4,9-10H,1-2H3. The Bertz CT molecular complexity index is 754. The van der Waals surface area contributed by atoms with Gasteiger partial charge in [0, 0.05) is 18.6 Å². The fourth-order valence-corrected chi connectivity index (χ4v) is 3.49. The van der Waals surface area contributed by atoms with Crippen molar-refractivity contribution >= 4 is 42.9 Å². The molecule has 1 unspecified atom stereocenters. The van der Waals surface area contributed by atoms with E-state index in [4.69, 9.17) is 0 Å². The monoisotopic (exact) mass is 432 g/mol. The number of aryl methyl sites for hydroxylation is 2. The molecule has 0 saturated carbocycles. The van der Waals surface area contributed by atoms with E-state index in [0.717, 1.165) is 0 Å². The van der Waals surface area contributed by atoms with Gasteiger partial charge in [0.15, 0.2) is 0 Å². The largest absolute Gasteiger partial charge is 0.328 e. The Labute approximate surface area is 133 Å². The average Bonchev–Trinajstić information content (AvgIpc) is 2.62. The Morgan fingerprint density at radius 1 is 1.14 bits per heavy atom. The lowest BCUT2D eigenvalue weighted by molar-refractivity contribution is -0.127. The van der Waals surface area contributed by atoms with Gasteiger partial charge in [-0.25, -0.2) is 13.6 Å². The zero-order chi connectivity index (χ0) is 16.1. The van der Waals surface area contributed by atoms with Crippen LogP contribution >= 0.6 is 31.9 Å². The van der Waals surface area contributed by atoms with Crippen molar-refractivity contribution in [1.29, 1.82) is 0 Å². The third-order valence-electron chi connectivity index (χ3n) is 3.29. The molecule has 2 aromatic rings. The number of halogens is 6. The highest BCUT2D eigenvalue weighted by atomic mass is 79.9. The summed E-state index contributed by atoms with van der Waals surface area (Å²) in [5.41, 5.74) is 0.517. The fourth-order valence-electron chi connectivity index (χ4n) is 2.05. The number of aromatic nitrogens is 2. The molecule has 0 spiro atoms. The molecule has 0 aliphatic rings. The van der Waals surface area contributed by atoms with Crippen LogP contribution in [0.15, 0.2) is 21.4 Å². The van der Waals surface area contributed by atoms with E-state index in [1.165, 1.54) is 35.4 Å². The molecule has 9 heteroatoms. The normalized spacial score (nSPS) is 14.1. The van der Waals surface area contributed by atoms with Gasteiger partial charge in [0.25, 0.3) is 0 Å². The highest BCUT2D eigenvalue weighted by molar-refractivity contribution is 9.11. The van der Waals surface area contributed by atoms with Crippen molar-refractivity contribution in [3.05, 3.63) is 32.7 Å². The minimum Gasteiger partial charge on any atom is -0.295 e. The van der Waals surface area contributed by atoms with Gasteiger partial charge in [-0.05, 0) is 17.7 Å². The van der Waals surface area contributed by atoms with Crippen LogP contribution in [0, 0.1) is 0 Å². The topological polar surface area (TPSA) is 26.9 Å². The molecule has 0 bridgehead atoms. The van der Waals surface area contributed by atoms with Crippen molar-refractivity contribution in [2.75, 3.05) is 0 Å². The molecule has 0 radical (unpaired) electrons. The highest BCUT2D eigenvalue weighted by Crippen LogP contribution is 2.45. The Hall–Kier alpha value is -0.830. The average molecular weight is 434 g/mol. The third-order valence-corrected chi connectivity index (χ3v) is 5.08. The van der Waals surface area contributed by atoms with Crippen LogP contribution in [0.1, 0.15) is 10.4 Å². The second kappa shape index (κ2) is 5.42. The lowest BCUT2D eigenvalue weighted by Crippen LogP contribution is -2.31. The van der Waals surface area contributed by atoms with Crippen LogP contribution < -0.4 is 5.69 Å². The van der Waals surface area contributed by atoms with E-state index in [0.29, 0.717) is 11.0 Å². The summed E-state index contributed by atoms with van der Waals surface area (Å²) in [7, 11) is 3.02. The zero-order valence-corrected chi connectivity index (χ0v) is 14.1. The molecule has 1 atom stereocenters. The molecule has 1 aromatic carbocycles. The van der Waals surface area contributed by atoms with E-state index in [1.54, 1.807) is 0 Å². The van der Waals surface area contributed by atoms with E-state index < -0.39 is 17.2 Å². The molecule has 1 heterocycles. The van der Waals surface area contributed by atoms with Crippen LogP contribution in [-0.4, -0.2) is 21.5 Å². The molecule has 21 heavy (non-hydrogen) atoms. The van der Waals surface area contributed by atoms with Crippen LogP contribution in [0.3, 0.4) is 0 Å². The van der Waals surface area contributed by atoms with Gasteiger partial charge in [0.2, 0.25) is 0 Å².